The summed E-state index contributed by atoms with van der Waals surface area (Å²) in [7, 11) is 0. The smallest absolute Gasteiger partial charge is 0.328 e. The van der Waals surface area contributed by atoms with Crippen LogP contribution in [0.3, 0.4) is 0 Å². The van der Waals surface area contributed by atoms with Gasteiger partial charge in [0.2, 0.25) is 5.91 Å². The molecule has 0 saturated heterocycles. The molecule has 0 aliphatic rings. The predicted octanol–water partition coefficient (Wildman–Crippen LogP) is 1.23. The van der Waals surface area contributed by atoms with E-state index in [2.05, 4.69) is 15.3 Å². The minimum Gasteiger partial charge on any atom is -0.353 e. The molecule has 0 fully saturated rings. The van der Waals surface area contributed by atoms with Gasteiger partial charge in [0.15, 0.2) is 0 Å². The average molecular weight is 505 g/mol. The fourth-order valence-electron chi connectivity index (χ4n) is 3.11. The molecule has 0 spiro atoms. The summed E-state index contributed by atoms with van der Waals surface area (Å²) in [4.78, 5) is 61.8. The van der Waals surface area contributed by atoms with Crippen molar-refractivity contribution in [1.29, 1.82) is 0 Å². The molecule has 2 heterocycles. The van der Waals surface area contributed by atoms with Crippen molar-refractivity contribution < 1.29 is 4.79 Å². The molecule has 0 radical (unpaired) electrons. The second kappa shape index (κ2) is 13.6. The molecule has 0 bridgehead atoms. The molecule has 11 heteroatoms. The molecule has 0 aliphatic heterocycles. The van der Waals surface area contributed by atoms with Crippen LogP contribution in [0, 0.1) is 0 Å². The maximum absolute atomic E-state index is 11.8. The second-order valence-electron chi connectivity index (χ2n) is 10.4. The molecule has 5 N–H and O–H groups in total. The second-order valence-corrected chi connectivity index (χ2v) is 10.4. The largest absolute Gasteiger partial charge is 0.353 e. The minimum absolute atomic E-state index is 0.262. The number of aromatic amines is 2. The summed E-state index contributed by atoms with van der Waals surface area (Å²) in [5.41, 5.74) is 3.23. The van der Waals surface area contributed by atoms with Crippen molar-refractivity contribution in [1.82, 2.24) is 24.4 Å². The van der Waals surface area contributed by atoms with Crippen LogP contribution in [0.5, 0.6) is 0 Å². The van der Waals surface area contributed by atoms with E-state index in [4.69, 9.17) is 5.73 Å². The third-order valence-corrected chi connectivity index (χ3v) is 5.08. The number of nitrogens with zero attached hydrogens (tertiary/aromatic N) is 2. The van der Waals surface area contributed by atoms with Gasteiger partial charge in [-0.1, -0.05) is 12.8 Å². The lowest BCUT2D eigenvalue weighted by molar-refractivity contribution is -0.116. The zero-order chi connectivity index (χ0) is 27.5. The van der Waals surface area contributed by atoms with Crippen molar-refractivity contribution in [2.24, 2.45) is 5.73 Å². The Bertz CT molecular complexity index is 1250. The summed E-state index contributed by atoms with van der Waals surface area (Å²) < 4.78 is 2.91. The van der Waals surface area contributed by atoms with Crippen LogP contribution in [0.15, 0.2) is 43.7 Å². The van der Waals surface area contributed by atoms with Gasteiger partial charge >= 0.3 is 11.4 Å². The highest BCUT2D eigenvalue weighted by Crippen LogP contribution is 2.10. The lowest BCUT2D eigenvalue weighted by Crippen LogP contribution is -2.39. The number of nitrogens with one attached hydrogen (secondary N) is 3. The van der Waals surface area contributed by atoms with E-state index < -0.39 is 16.8 Å². The highest BCUT2D eigenvalue weighted by atomic mass is 16.2. The third kappa shape index (κ3) is 10.4. The Morgan fingerprint density at radius 3 is 2.06 bits per heavy atom. The normalized spacial score (nSPS) is 11.8. The summed E-state index contributed by atoms with van der Waals surface area (Å²) in [5, 5.41) is 2.77. The SMILES string of the molecule is CC(C)(C)n1cc(/C=C/C(=O)NCCCCCCN)c(=O)[nH]c1=O.CC(C)(C)n1ccc(=O)[nH]c1=O. The predicted molar refractivity (Wildman–Crippen MR) is 142 cm³/mol. The lowest BCUT2D eigenvalue weighted by atomic mass is 10.1. The molecular formula is C25H40N6O5. The zero-order valence-corrected chi connectivity index (χ0v) is 22.1. The molecule has 0 saturated carbocycles. The first kappa shape index (κ1) is 30.6. The fraction of sp³-hybridized carbons (Fsp3) is 0.560. The van der Waals surface area contributed by atoms with Gasteiger partial charge in [-0.15, -0.1) is 0 Å². The van der Waals surface area contributed by atoms with E-state index in [1.54, 1.807) is 0 Å². The van der Waals surface area contributed by atoms with Crippen molar-refractivity contribution in [2.75, 3.05) is 13.1 Å². The number of rotatable bonds is 8. The summed E-state index contributed by atoms with van der Waals surface area (Å²) >= 11 is 0. The van der Waals surface area contributed by atoms with Gasteiger partial charge in [-0.2, -0.15) is 0 Å². The molecule has 0 atom stereocenters. The molecule has 0 aliphatic carbocycles. The first-order valence-corrected chi connectivity index (χ1v) is 12.0. The van der Waals surface area contributed by atoms with Crippen molar-refractivity contribution in [3.63, 3.8) is 0 Å². The van der Waals surface area contributed by atoms with E-state index in [1.807, 2.05) is 41.5 Å². The fourth-order valence-corrected chi connectivity index (χ4v) is 3.11. The van der Waals surface area contributed by atoms with Crippen molar-refractivity contribution in [3.8, 4) is 0 Å². The number of unbranched alkanes of at least 4 members (excludes halogenated alkanes) is 3. The van der Waals surface area contributed by atoms with Crippen LogP contribution in [-0.4, -0.2) is 38.1 Å². The number of carbonyl (C=O) groups is 1. The van der Waals surface area contributed by atoms with Crippen LogP contribution in [0.4, 0.5) is 0 Å². The maximum Gasteiger partial charge on any atom is 0.328 e. The molecule has 2 rings (SSSR count). The molecule has 36 heavy (non-hydrogen) atoms. The van der Waals surface area contributed by atoms with Gasteiger partial charge in [0.1, 0.15) is 0 Å². The number of carbonyl (C=O) groups excluding carboxylic acids is 1. The molecular weight excluding hydrogens is 464 g/mol. The van der Waals surface area contributed by atoms with Crippen LogP contribution >= 0.6 is 0 Å². The van der Waals surface area contributed by atoms with Crippen LogP contribution in [0.25, 0.3) is 6.08 Å². The van der Waals surface area contributed by atoms with E-state index in [-0.39, 0.29) is 28.3 Å². The summed E-state index contributed by atoms with van der Waals surface area (Å²) in [6.45, 7) is 12.5. The van der Waals surface area contributed by atoms with Crippen LogP contribution in [0.2, 0.25) is 0 Å². The van der Waals surface area contributed by atoms with Crippen molar-refractivity contribution >= 4 is 12.0 Å². The maximum atomic E-state index is 11.8. The molecule has 0 aromatic carbocycles. The Morgan fingerprint density at radius 2 is 1.50 bits per heavy atom. The zero-order valence-electron chi connectivity index (χ0n) is 22.1. The number of hydrogen-bond donors (Lipinski definition) is 4. The van der Waals surface area contributed by atoms with Gasteiger partial charge < -0.3 is 11.1 Å². The first-order valence-electron chi connectivity index (χ1n) is 12.0. The number of hydrogen-bond acceptors (Lipinski definition) is 6. The summed E-state index contributed by atoms with van der Waals surface area (Å²) in [5.74, 6) is -0.262. The van der Waals surface area contributed by atoms with E-state index in [0.717, 1.165) is 25.7 Å². The Balaban J connectivity index is 0.000000450. The van der Waals surface area contributed by atoms with Gasteiger partial charge in [0.05, 0.1) is 5.56 Å². The van der Waals surface area contributed by atoms with E-state index in [9.17, 15) is 24.0 Å². The molecule has 2 aromatic rings. The Hall–Kier alpha value is -3.47. The molecule has 1 amide bonds. The first-order chi connectivity index (χ1) is 16.7. The van der Waals surface area contributed by atoms with E-state index in [0.29, 0.717) is 13.1 Å². The number of H-pyrrole nitrogens is 2. The third-order valence-electron chi connectivity index (χ3n) is 5.08. The Kier molecular flexibility index (Phi) is 11.5. The molecule has 2 aromatic heterocycles. The van der Waals surface area contributed by atoms with Gasteiger partial charge in [0.25, 0.3) is 11.1 Å². The summed E-state index contributed by atoms with van der Waals surface area (Å²) in [6.07, 6.45) is 9.68. The highest BCUT2D eigenvalue weighted by Gasteiger charge is 2.16. The quantitative estimate of drug-likeness (QED) is 0.312. The van der Waals surface area contributed by atoms with Crippen LogP contribution in [0.1, 0.15) is 72.8 Å². The van der Waals surface area contributed by atoms with Gasteiger partial charge in [-0.05, 0) is 67.0 Å². The summed E-state index contributed by atoms with van der Waals surface area (Å²) in [6, 6.07) is 1.34. The number of amides is 1. The lowest BCUT2D eigenvalue weighted by Gasteiger charge is -2.21. The molecule has 0 unspecified atom stereocenters. The van der Waals surface area contributed by atoms with Crippen molar-refractivity contribution in [3.05, 3.63) is 71.8 Å². The Morgan fingerprint density at radius 1 is 0.917 bits per heavy atom. The molecule has 11 nitrogen and oxygen atoms in total. The number of aromatic nitrogens is 4. The van der Waals surface area contributed by atoms with Crippen molar-refractivity contribution in [2.45, 2.75) is 78.3 Å². The number of nitrogens with two attached hydrogens (primary N) is 1. The van der Waals surface area contributed by atoms with Gasteiger partial charge in [-0.3, -0.25) is 33.5 Å². The monoisotopic (exact) mass is 504 g/mol. The van der Waals surface area contributed by atoms with Crippen LogP contribution < -0.4 is 33.5 Å². The highest BCUT2D eigenvalue weighted by molar-refractivity contribution is 5.91. The van der Waals surface area contributed by atoms with Gasteiger partial charge in [-0.25, -0.2) is 9.59 Å². The van der Waals surface area contributed by atoms with E-state index >= 15 is 0 Å². The minimum atomic E-state index is -0.508. The average Bonchev–Trinajstić information content (AvgIpc) is 2.74. The van der Waals surface area contributed by atoms with Crippen LogP contribution in [-0.2, 0) is 15.9 Å². The topological polar surface area (TPSA) is 165 Å². The van der Waals surface area contributed by atoms with Gasteiger partial charge in [0, 0.05) is 42.2 Å². The Labute approximate surface area is 210 Å². The van der Waals surface area contributed by atoms with E-state index in [1.165, 1.54) is 39.7 Å². The standard InChI is InChI=1S/C17H28N4O3.C8H12N2O2/c1-17(2,3)21-12-13(15(23)20-16(21)24)8-9-14(22)19-11-7-5-4-6-10-18;1-8(2,3)10-5-4-6(11)9-7(10)12/h8-9,12H,4-7,10-11,18H2,1-3H3,(H,19,22)(H,20,23,24);4-5H,1-3H3,(H,9,11,12)/b9-8+;. The molecule has 200 valence electrons.